The van der Waals surface area contributed by atoms with Gasteiger partial charge in [0.15, 0.2) is 5.65 Å². The number of nitrogens with one attached hydrogen (secondary N) is 2. The average molecular weight is 490 g/mol. The van der Waals surface area contributed by atoms with Gasteiger partial charge >= 0.3 is 0 Å². The summed E-state index contributed by atoms with van der Waals surface area (Å²) < 4.78 is 33.4. The summed E-state index contributed by atoms with van der Waals surface area (Å²) in [6.45, 7) is 3.68. The number of hydrogen-bond donors (Lipinski definition) is 2. The Labute approximate surface area is 202 Å². The average Bonchev–Trinajstić information content (AvgIpc) is 3.33. The standard InChI is InChI=1S/C24H23N7O3S/c1-34-21-14-19(30-12-9-26-10-13-30)6-7-20(21)28-24-27-16-18-8-11-31(23(18)29-24)35(32,33)22-5-3-2-4-17(22)15-25/h2-8,11,14,16,26H,9-10,12-13H2,1H3,(H,27,28,29). The van der Waals surface area contributed by atoms with E-state index in [0.717, 1.165) is 35.8 Å². The van der Waals surface area contributed by atoms with E-state index in [-0.39, 0.29) is 22.1 Å². The lowest BCUT2D eigenvalue weighted by atomic mass is 10.2. The molecule has 5 rings (SSSR count). The Balaban J connectivity index is 1.49. The van der Waals surface area contributed by atoms with Gasteiger partial charge in [-0.05, 0) is 30.3 Å². The van der Waals surface area contributed by atoms with E-state index >= 15 is 0 Å². The Morgan fingerprint density at radius 2 is 1.94 bits per heavy atom. The van der Waals surface area contributed by atoms with Crippen molar-refractivity contribution in [1.29, 1.82) is 5.26 Å². The van der Waals surface area contributed by atoms with Crippen molar-refractivity contribution in [3.63, 3.8) is 0 Å². The highest BCUT2D eigenvalue weighted by Gasteiger charge is 2.23. The summed E-state index contributed by atoms with van der Waals surface area (Å²) in [6, 6.07) is 15.5. The predicted octanol–water partition coefficient (Wildman–Crippen LogP) is 2.70. The second-order valence-corrected chi connectivity index (χ2v) is 9.73. The number of anilines is 3. The molecular weight excluding hydrogens is 466 g/mol. The van der Waals surface area contributed by atoms with Crippen LogP contribution in [-0.2, 0) is 10.0 Å². The number of benzene rings is 2. The summed E-state index contributed by atoms with van der Waals surface area (Å²) in [4.78, 5) is 11.0. The van der Waals surface area contributed by atoms with Crippen molar-refractivity contribution in [1.82, 2.24) is 19.3 Å². The van der Waals surface area contributed by atoms with Crippen molar-refractivity contribution < 1.29 is 13.2 Å². The van der Waals surface area contributed by atoms with Crippen LogP contribution < -0.4 is 20.3 Å². The number of aromatic nitrogens is 3. The van der Waals surface area contributed by atoms with Gasteiger partial charge in [-0.3, -0.25) is 0 Å². The Hall–Kier alpha value is -4.14. The van der Waals surface area contributed by atoms with Crippen molar-refractivity contribution in [2.24, 2.45) is 0 Å². The van der Waals surface area contributed by atoms with E-state index in [1.165, 1.54) is 18.3 Å². The molecule has 0 bridgehead atoms. The molecule has 0 aliphatic carbocycles. The molecule has 4 aromatic rings. The summed E-state index contributed by atoms with van der Waals surface area (Å²) in [5, 5.41) is 16.4. The third-order valence-corrected chi connectivity index (χ3v) is 7.58. The second kappa shape index (κ2) is 9.25. The van der Waals surface area contributed by atoms with E-state index in [2.05, 4.69) is 25.5 Å². The zero-order valence-electron chi connectivity index (χ0n) is 19.0. The van der Waals surface area contributed by atoms with Gasteiger partial charge in [0.05, 0.1) is 18.4 Å². The van der Waals surface area contributed by atoms with Crippen LogP contribution >= 0.6 is 0 Å². The molecule has 1 aliphatic rings. The minimum Gasteiger partial charge on any atom is -0.494 e. The summed E-state index contributed by atoms with van der Waals surface area (Å²) in [5.74, 6) is 0.838. The molecule has 0 amide bonds. The molecule has 3 heterocycles. The SMILES string of the molecule is COc1cc(N2CCNCC2)ccc1Nc1ncc2ccn(S(=O)(=O)c3ccccc3C#N)c2n1. The fourth-order valence-electron chi connectivity index (χ4n) is 4.06. The second-order valence-electron chi connectivity index (χ2n) is 7.94. The van der Waals surface area contributed by atoms with Crippen LogP contribution in [0.5, 0.6) is 5.75 Å². The molecule has 0 spiro atoms. The number of ether oxygens (including phenoxy) is 1. The highest BCUT2D eigenvalue weighted by Crippen LogP contribution is 2.32. The maximum Gasteiger partial charge on any atom is 0.270 e. The van der Waals surface area contributed by atoms with Gasteiger partial charge in [-0.1, -0.05) is 12.1 Å². The lowest BCUT2D eigenvalue weighted by Crippen LogP contribution is -2.43. The molecular formula is C24H23N7O3S. The van der Waals surface area contributed by atoms with E-state index in [1.54, 1.807) is 31.5 Å². The van der Waals surface area contributed by atoms with Gasteiger partial charge in [-0.2, -0.15) is 10.2 Å². The molecule has 0 unspecified atom stereocenters. The smallest absolute Gasteiger partial charge is 0.270 e. The molecule has 0 atom stereocenters. The molecule has 0 radical (unpaired) electrons. The Kier molecular flexibility index (Phi) is 5.98. The Morgan fingerprint density at radius 1 is 1.14 bits per heavy atom. The first-order valence-electron chi connectivity index (χ1n) is 11.0. The van der Waals surface area contributed by atoms with Crippen molar-refractivity contribution in [3.05, 3.63) is 66.5 Å². The number of hydrogen-bond acceptors (Lipinski definition) is 9. The van der Waals surface area contributed by atoms with Gasteiger partial charge in [-0.15, -0.1) is 0 Å². The normalized spacial score (nSPS) is 14.0. The van der Waals surface area contributed by atoms with Crippen molar-refractivity contribution in [3.8, 4) is 11.8 Å². The third-order valence-electron chi connectivity index (χ3n) is 5.85. The summed E-state index contributed by atoms with van der Waals surface area (Å²) in [5.41, 5.74) is 1.98. The van der Waals surface area contributed by atoms with Crippen LogP contribution in [0, 0.1) is 11.3 Å². The molecule has 1 aliphatic heterocycles. The van der Waals surface area contributed by atoms with Crippen molar-refractivity contribution in [2.45, 2.75) is 4.90 Å². The highest BCUT2D eigenvalue weighted by atomic mass is 32.2. The van der Waals surface area contributed by atoms with Crippen LogP contribution in [0.3, 0.4) is 0 Å². The van der Waals surface area contributed by atoms with Crippen molar-refractivity contribution in [2.75, 3.05) is 43.5 Å². The molecule has 2 aromatic heterocycles. The van der Waals surface area contributed by atoms with Gasteiger partial charge < -0.3 is 20.3 Å². The number of piperazine rings is 1. The Bertz CT molecular complexity index is 1540. The monoisotopic (exact) mass is 489 g/mol. The van der Waals surface area contributed by atoms with E-state index in [0.29, 0.717) is 16.8 Å². The van der Waals surface area contributed by atoms with Gasteiger partial charge in [-0.25, -0.2) is 17.4 Å². The topological polar surface area (TPSA) is 125 Å². The van der Waals surface area contributed by atoms with E-state index in [9.17, 15) is 13.7 Å². The van der Waals surface area contributed by atoms with Crippen LogP contribution in [0.25, 0.3) is 11.0 Å². The molecule has 11 heteroatoms. The van der Waals surface area contributed by atoms with E-state index < -0.39 is 10.0 Å². The lowest BCUT2D eigenvalue weighted by Gasteiger charge is -2.30. The molecule has 0 saturated carbocycles. The maximum atomic E-state index is 13.3. The van der Waals surface area contributed by atoms with Crippen LogP contribution in [0.1, 0.15) is 5.56 Å². The summed E-state index contributed by atoms with van der Waals surface area (Å²) in [6.07, 6.45) is 2.96. The van der Waals surface area contributed by atoms with E-state index in [1.807, 2.05) is 24.3 Å². The molecule has 2 N–H and O–H groups in total. The van der Waals surface area contributed by atoms with Crippen LogP contribution in [-0.4, -0.2) is 55.6 Å². The van der Waals surface area contributed by atoms with Crippen LogP contribution in [0.15, 0.2) is 65.8 Å². The van der Waals surface area contributed by atoms with Crippen LogP contribution in [0.2, 0.25) is 0 Å². The minimum atomic E-state index is -4.04. The fraction of sp³-hybridized carbons (Fsp3) is 0.208. The fourth-order valence-corrected chi connectivity index (χ4v) is 5.51. The van der Waals surface area contributed by atoms with Gasteiger partial charge in [0.2, 0.25) is 5.95 Å². The number of methoxy groups -OCH3 is 1. The maximum absolute atomic E-state index is 13.3. The molecule has 2 aromatic carbocycles. The molecule has 1 saturated heterocycles. The van der Waals surface area contributed by atoms with Crippen LogP contribution in [0.4, 0.5) is 17.3 Å². The molecule has 10 nitrogen and oxygen atoms in total. The number of nitrogens with zero attached hydrogens (tertiary/aromatic N) is 5. The van der Waals surface area contributed by atoms with Gasteiger partial charge in [0.1, 0.15) is 16.7 Å². The zero-order valence-corrected chi connectivity index (χ0v) is 19.8. The largest absolute Gasteiger partial charge is 0.494 e. The van der Waals surface area contributed by atoms with Gasteiger partial charge in [0.25, 0.3) is 10.0 Å². The van der Waals surface area contributed by atoms with Crippen molar-refractivity contribution >= 4 is 38.4 Å². The summed E-state index contributed by atoms with van der Waals surface area (Å²) in [7, 11) is -2.45. The third kappa shape index (κ3) is 4.25. The quantitative estimate of drug-likeness (QED) is 0.420. The first-order chi connectivity index (χ1) is 17.0. The highest BCUT2D eigenvalue weighted by molar-refractivity contribution is 7.90. The number of nitriles is 1. The number of rotatable bonds is 6. The first kappa shape index (κ1) is 22.6. The van der Waals surface area contributed by atoms with E-state index in [4.69, 9.17) is 4.74 Å². The lowest BCUT2D eigenvalue weighted by molar-refractivity contribution is 0.416. The molecule has 35 heavy (non-hydrogen) atoms. The first-order valence-corrected chi connectivity index (χ1v) is 12.4. The Morgan fingerprint density at radius 3 is 2.71 bits per heavy atom. The zero-order chi connectivity index (χ0) is 24.4. The number of fused-ring (bicyclic) bond motifs is 1. The predicted molar refractivity (Wildman–Crippen MR) is 133 cm³/mol. The van der Waals surface area contributed by atoms with Gasteiger partial charge in [0, 0.05) is 55.7 Å². The minimum absolute atomic E-state index is 0.0658. The summed E-state index contributed by atoms with van der Waals surface area (Å²) >= 11 is 0. The molecule has 1 fully saturated rings. The molecule has 178 valence electrons.